The van der Waals surface area contributed by atoms with E-state index in [1.165, 1.54) is 12.3 Å². The number of nitrogens with two attached hydrogens (primary N) is 1. The second-order valence-corrected chi connectivity index (χ2v) is 7.36. The Morgan fingerprint density at radius 3 is 2.89 bits per heavy atom. The molecule has 0 radical (unpaired) electrons. The fourth-order valence-corrected chi connectivity index (χ4v) is 3.76. The normalized spacial score (nSPS) is 25.8. The number of nitrogens with one attached hydrogen (secondary N) is 1. The van der Waals surface area contributed by atoms with Crippen molar-refractivity contribution in [2.24, 2.45) is 16.6 Å². The van der Waals surface area contributed by atoms with Gasteiger partial charge in [-0.15, -0.1) is 0 Å². The number of nitrogens with zero attached hydrogens (tertiary/aromatic N) is 2. The molecule has 1 aliphatic heterocycles. The van der Waals surface area contributed by atoms with E-state index >= 15 is 0 Å². The van der Waals surface area contributed by atoms with E-state index in [1.54, 1.807) is 24.3 Å². The number of rotatable bonds is 4. The molecule has 140 valence electrons. The summed E-state index contributed by atoms with van der Waals surface area (Å²) in [6.45, 7) is -0.770. The van der Waals surface area contributed by atoms with Gasteiger partial charge in [0.1, 0.15) is 24.0 Å². The molecule has 2 heterocycles. The van der Waals surface area contributed by atoms with Crippen molar-refractivity contribution in [2.75, 3.05) is 12.0 Å². The molecule has 1 aliphatic carbocycles. The number of carbonyl (C=O) groups is 1. The zero-order valence-electron chi connectivity index (χ0n) is 14.0. The Balaban J connectivity index is 1.66. The van der Waals surface area contributed by atoms with E-state index in [9.17, 15) is 9.18 Å². The van der Waals surface area contributed by atoms with Gasteiger partial charge >= 0.3 is 0 Å². The van der Waals surface area contributed by atoms with Gasteiger partial charge in [-0.2, -0.15) is 0 Å². The van der Waals surface area contributed by atoms with Crippen LogP contribution in [0.2, 0.25) is 10.0 Å². The number of pyridine rings is 1. The third-order valence-electron chi connectivity index (χ3n) is 4.78. The van der Waals surface area contributed by atoms with Crippen LogP contribution in [0, 0.1) is 5.92 Å². The molecule has 4 rings (SSSR count). The topological polar surface area (TPSA) is 89.6 Å². The lowest BCUT2D eigenvalue weighted by atomic mass is 9.85. The molecule has 6 nitrogen and oxygen atoms in total. The molecule has 3 atom stereocenters. The Morgan fingerprint density at radius 1 is 1.37 bits per heavy atom. The van der Waals surface area contributed by atoms with Crippen molar-refractivity contribution in [2.45, 2.75) is 18.1 Å². The minimum atomic E-state index is -1.21. The van der Waals surface area contributed by atoms with E-state index in [0.717, 1.165) is 0 Å². The van der Waals surface area contributed by atoms with Crippen molar-refractivity contribution >= 4 is 40.8 Å². The van der Waals surface area contributed by atoms with Gasteiger partial charge in [0, 0.05) is 28.4 Å². The summed E-state index contributed by atoms with van der Waals surface area (Å²) >= 11 is 12.1. The Kier molecular flexibility index (Phi) is 4.44. The van der Waals surface area contributed by atoms with Crippen LogP contribution >= 0.6 is 23.2 Å². The second kappa shape index (κ2) is 6.65. The molecule has 1 aromatic carbocycles. The fraction of sp³-hybridized carbons (Fsp3) is 0.278. The first-order valence-corrected chi connectivity index (χ1v) is 8.99. The number of hydrogen-bond acceptors (Lipinski definition) is 5. The number of aliphatic imine (C=N–C) groups is 1. The van der Waals surface area contributed by atoms with Crippen molar-refractivity contribution in [3.8, 4) is 0 Å². The summed E-state index contributed by atoms with van der Waals surface area (Å²) < 4.78 is 19.5. The minimum absolute atomic E-state index is 0.0535. The molecule has 9 heteroatoms. The molecule has 0 unspecified atom stereocenters. The van der Waals surface area contributed by atoms with Crippen LogP contribution in [0.5, 0.6) is 0 Å². The van der Waals surface area contributed by atoms with Gasteiger partial charge in [0.15, 0.2) is 0 Å². The summed E-state index contributed by atoms with van der Waals surface area (Å²) in [6, 6.07) is 7.87. The summed E-state index contributed by atoms with van der Waals surface area (Å²) in [7, 11) is 0. The molecule has 0 bridgehead atoms. The van der Waals surface area contributed by atoms with E-state index in [1.807, 2.05) is 0 Å². The summed E-state index contributed by atoms with van der Waals surface area (Å²) in [5, 5.41) is 3.51. The number of alkyl halides is 1. The quantitative estimate of drug-likeness (QED) is 0.809. The fourth-order valence-electron chi connectivity index (χ4n) is 3.37. The first kappa shape index (κ1) is 18.0. The molecule has 2 aromatic rings. The first-order chi connectivity index (χ1) is 12.9. The Morgan fingerprint density at radius 2 is 2.19 bits per heavy atom. The van der Waals surface area contributed by atoms with Crippen molar-refractivity contribution in [1.82, 2.24) is 4.98 Å². The van der Waals surface area contributed by atoms with E-state index in [2.05, 4.69) is 15.3 Å². The highest BCUT2D eigenvalue weighted by Gasteiger charge is 2.59. The third kappa shape index (κ3) is 3.21. The Hall–Kier alpha value is -2.38. The predicted molar refractivity (Wildman–Crippen MR) is 101 cm³/mol. The minimum Gasteiger partial charge on any atom is -0.462 e. The van der Waals surface area contributed by atoms with E-state index in [-0.39, 0.29) is 23.7 Å². The highest BCUT2D eigenvalue weighted by atomic mass is 35.5. The third-order valence-corrected chi connectivity index (χ3v) is 5.33. The number of halogens is 3. The van der Waals surface area contributed by atoms with Gasteiger partial charge in [-0.1, -0.05) is 23.2 Å². The molecule has 1 aromatic heterocycles. The highest BCUT2D eigenvalue weighted by molar-refractivity contribution is 6.31. The molecule has 0 saturated heterocycles. The van der Waals surface area contributed by atoms with Gasteiger partial charge < -0.3 is 15.8 Å². The zero-order valence-corrected chi connectivity index (χ0v) is 15.5. The monoisotopic (exact) mass is 408 g/mol. The predicted octanol–water partition coefficient (Wildman–Crippen LogP) is 3.54. The lowest BCUT2D eigenvalue weighted by Gasteiger charge is -2.32. The first-order valence-electron chi connectivity index (χ1n) is 8.24. The smallest absolute Gasteiger partial charge is 0.283 e. The molecule has 1 fully saturated rings. The Labute approximate surface area is 164 Å². The van der Waals surface area contributed by atoms with Crippen molar-refractivity contribution in [1.29, 1.82) is 0 Å². The SMILES string of the molecule is NC1=N[C@](CF)(c2cc(NC(=O)c3ccc(Cl)cn3)ccc2Cl)[C@H]2C[C@H]2O1. The van der Waals surface area contributed by atoms with Crippen LogP contribution in [0.4, 0.5) is 10.1 Å². The van der Waals surface area contributed by atoms with Gasteiger partial charge in [0.2, 0.25) is 0 Å². The molecular formula is C18H15Cl2FN4O2. The average Bonchev–Trinajstić information content (AvgIpc) is 3.43. The second-order valence-electron chi connectivity index (χ2n) is 6.52. The standard InChI is InChI=1S/C18H15Cl2FN4O2/c19-9-1-4-14(23-7-9)16(26)24-10-2-3-13(20)11(5-10)18(8-21)12-6-15(12)27-17(22)25-18/h1-5,7,12,15H,6,8H2,(H2,22,25)(H,24,26)/t12-,15+,18+/m0/s1. The average molecular weight is 409 g/mol. The maximum absolute atomic E-state index is 14.2. The molecule has 1 amide bonds. The number of carbonyl (C=O) groups excluding carboxylic acids is 1. The van der Waals surface area contributed by atoms with Crippen LogP contribution in [0.15, 0.2) is 41.5 Å². The van der Waals surface area contributed by atoms with Crippen LogP contribution in [0.1, 0.15) is 22.5 Å². The summed E-state index contributed by atoms with van der Waals surface area (Å²) in [6.07, 6.45) is 1.87. The van der Waals surface area contributed by atoms with Crippen molar-refractivity contribution < 1.29 is 13.9 Å². The molecule has 0 spiro atoms. The lowest BCUT2D eigenvalue weighted by Crippen LogP contribution is -2.39. The van der Waals surface area contributed by atoms with Crippen molar-refractivity contribution in [3.05, 3.63) is 57.8 Å². The Bertz CT molecular complexity index is 937. The number of ether oxygens (including phenoxy) is 1. The van der Waals surface area contributed by atoms with Gasteiger partial charge in [0.25, 0.3) is 11.9 Å². The molecule has 2 aliphatic rings. The van der Waals surface area contributed by atoms with Crippen LogP contribution in [0.3, 0.4) is 0 Å². The maximum atomic E-state index is 14.2. The molecular weight excluding hydrogens is 394 g/mol. The number of amides is 1. The number of hydrogen-bond donors (Lipinski definition) is 2. The number of anilines is 1. The van der Waals surface area contributed by atoms with Gasteiger partial charge in [-0.25, -0.2) is 14.4 Å². The van der Waals surface area contributed by atoms with Gasteiger partial charge in [0.05, 0.1) is 5.02 Å². The van der Waals surface area contributed by atoms with Crippen LogP contribution < -0.4 is 11.1 Å². The van der Waals surface area contributed by atoms with E-state index in [0.29, 0.717) is 27.7 Å². The zero-order chi connectivity index (χ0) is 19.2. The number of fused-ring (bicyclic) bond motifs is 1. The highest BCUT2D eigenvalue weighted by Crippen LogP contribution is 2.54. The number of amidine groups is 1. The van der Waals surface area contributed by atoms with Crippen molar-refractivity contribution in [3.63, 3.8) is 0 Å². The van der Waals surface area contributed by atoms with Gasteiger partial charge in [-0.05, 0) is 36.8 Å². The summed E-state index contributed by atoms with van der Waals surface area (Å²) in [5.74, 6) is -0.565. The van der Waals surface area contributed by atoms with Crippen LogP contribution in [-0.4, -0.2) is 29.7 Å². The van der Waals surface area contributed by atoms with E-state index in [4.69, 9.17) is 33.7 Å². The van der Waals surface area contributed by atoms with Crippen LogP contribution in [0.25, 0.3) is 0 Å². The number of benzene rings is 1. The van der Waals surface area contributed by atoms with Gasteiger partial charge in [-0.3, -0.25) is 4.79 Å². The summed E-state index contributed by atoms with van der Waals surface area (Å²) in [5.41, 5.74) is 5.63. The lowest BCUT2D eigenvalue weighted by molar-refractivity contribution is 0.102. The van der Waals surface area contributed by atoms with Crippen LogP contribution in [-0.2, 0) is 10.3 Å². The molecule has 1 saturated carbocycles. The largest absolute Gasteiger partial charge is 0.462 e. The number of aromatic nitrogens is 1. The molecule has 27 heavy (non-hydrogen) atoms. The maximum Gasteiger partial charge on any atom is 0.283 e. The molecule has 3 N–H and O–H groups in total. The van der Waals surface area contributed by atoms with E-state index < -0.39 is 18.1 Å². The summed E-state index contributed by atoms with van der Waals surface area (Å²) in [4.78, 5) is 20.6.